The molecule has 0 unspecified atom stereocenters. The van der Waals surface area contributed by atoms with Crippen LogP contribution in [0.2, 0.25) is 0 Å². The number of nitrogens with one attached hydrogen (secondary N) is 4. The number of carbonyl (C=O) groups is 2. The minimum atomic E-state index is -0.569. The second-order valence-corrected chi connectivity index (χ2v) is 8.75. The first kappa shape index (κ1) is 27.8. The van der Waals surface area contributed by atoms with Gasteiger partial charge in [-0.3, -0.25) is 9.59 Å². The van der Waals surface area contributed by atoms with Crippen LogP contribution in [0, 0.1) is 0 Å². The molecule has 0 aromatic heterocycles. The number of fused-ring (bicyclic) bond motifs is 1. The molecule has 0 fully saturated rings. The highest BCUT2D eigenvalue weighted by Crippen LogP contribution is 2.17. The summed E-state index contributed by atoms with van der Waals surface area (Å²) >= 11 is 0. The lowest BCUT2D eigenvalue weighted by Gasteiger charge is -2.19. The van der Waals surface area contributed by atoms with Crippen LogP contribution in [0.3, 0.4) is 0 Å². The van der Waals surface area contributed by atoms with Crippen LogP contribution in [0.1, 0.15) is 51.0 Å². The van der Waals surface area contributed by atoms with Crippen LogP contribution >= 0.6 is 0 Å². The summed E-state index contributed by atoms with van der Waals surface area (Å²) in [6.07, 6.45) is 5.80. The lowest BCUT2D eigenvalue weighted by molar-refractivity contribution is -0.129. The standard InChI is InChI=1S/C27H43N5O2/c1-2-9-26(33)32-25(21-22-12-13-23-10-3-4-11-24(23)20-22)27(34)31-19-8-18-30-16-6-5-15-29-17-7-14-28/h3-4,10-13,20,25,29-30H,2,5-9,14-19,21,28H2,1H3,(H,31,34)(H,32,33)/t25-/m1/s1. The smallest absolute Gasteiger partial charge is 0.242 e. The molecule has 0 spiro atoms. The summed E-state index contributed by atoms with van der Waals surface area (Å²) in [5, 5.41) is 15.0. The van der Waals surface area contributed by atoms with Gasteiger partial charge in [0.05, 0.1) is 0 Å². The van der Waals surface area contributed by atoms with Gasteiger partial charge in [-0.15, -0.1) is 0 Å². The molecule has 2 rings (SSSR count). The molecule has 7 heteroatoms. The van der Waals surface area contributed by atoms with Crippen LogP contribution in [0.5, 0.6) is 0 Å². The van der Waals surface area contributed by atoms with E-state index in [0.717, 1.165) is 81.2 Å². The third kappa shape index (κ3) is 11.1. The third-order valence-corrected chi connectivity index (χ3v) is 5.73. The second kappa shape index (κ2) is 17.0. The number of rotatable bonds is 18. The van der Waals surface area contributed by atoms with Crippen molar-refractivity contribution in [1.29, 1.82) is 0 Å². The highest BCUT2D eigenvalue weighted by molar-refractivity contribution is 5.88. The van der Waals surface area contributed by atoms with Crippen molar-refractivity contribution in [2.45, 2.75) is 57.9 Å². The van der Waals surface area contributed by atoms with E-state index in [1.807, 2.05) is 25.1 Å². The number of hydrogen-bond acceptors (Lipinski definition) is 5. The van der Waals surface area contributed by atoms with Crippen LogP contribution in [-0.4, -0.2) is 57.1 Å². The fraction of sp³-hybridized carbons (Fsp3) is 0.556. The molecule has 7 nitrogen and oxygen atoms in total. The maximum atomic E-state index is 12.9. The molecule has 6 N–H and O–H groups in total. The summed E-state index contributed by atoms with van der Waals surface area (Å²) in [6.45, 7) is 7.14. The summed E-state index contributed by atoms with van der Waals surface area (Å²) in [5.74, 6) is -0.205. The normalized spacial score (nSPS) is 11.9. The van der Waals surface area contributed by atoms with Gasteiger partial charge in [0.25, 0.3) is 0 Å². The maximum absolute atomic E-state index is 12.9. The van der Waals surface area contributed by atoms with Gasteiger partial charge in [0.2, 0.25) is 11.8 Å². The lowest BCUT2D eigenvalue weighted by atomic mass is 10.0. The van der Waals surface area contributed by atoms with E-state index in [4.69, 9.17) is 5.73 Å². The van der Waals surface area contributed by atoms with E-state index in [9.17, 15) is 9.59 Å². The van der Waals surface area contributed by atoms with Crippen molar-refractivity contribution in [2.75, 3.05) is 39.3 Å². The molecule has 1 atom stereocenters. The summed E-state index contributed by atoms with van der Waals surface area (Å²) in [5.41, 5.74) is 6.51. The minimum Gasteiger partial charge on any atom is -0.354 e. The SMILES string of the molecule is CCCC(=O)N[C@H](Cc1ccc2ccccc2c1)C(=O)NCCCNCCCCNCCCN. The van der Waals surface area contributed by atoms with Gasteiger partial charge in [0.1, 0.15) is 6.04 Å². The Labute approximate surface area is 204 Å². The van der Waals surface area contributed by atoms with Gasteiger partial charge in [-0.25, -0.2) is 0 Å². The molecule has 34 heavy (non-hydrogen) atoms. The highest BCUT2D eigenvalue weighted by atomic mass is 16.2. The van der Waals surface area contributed by atoms with Crippen molar-refractivity contribution in [3.8, 4) is 0 Å². The van der Waals surface area contributed by atoms with Gasteiger partial charge in [-0.2, -0.15) is 0 Å². The zero-order valence-corrected chi connectivity index (χ0v) is 20.7. The molecule has 2 amide bonds. The number of carbonyl (C=O) groups excluding carboxylic acids is 2. The van der Waals surface area contributed by atoms with Gasteiger partial charge in [0.15, 0.2) is 0 Å². The molecule has 2 aromatic carbocycles. The topological polar surface area (TPSA) is 108 Å². The molecule has 188 valence electrons. The van der Waals surface area contributed by atoms with Crippen molar-refractivity contribution >= 4 is 22.6 Å². The first-order valence-corrected chi connectivity index (χ1v) is 12.8. The predicted octanol–water partition coefficient (Wildman–Crippen LogP) is 2.48. The molecular weight excluding hydrogens is 426 g/mol. The van der Waals surface area contributed by atoms with Crippen LogP contribution in [0.15, 0.2) is 42.5 Å². The Kier molecular flexibility index (Phi) is 13.9. The predicted molar refractivity (Wildman–Crippen MR) is 141 cm³/mol. The summed E-state index contributed by atoms with van der Waals surface area (Å²) in [4.78, 5) is 25.1. The number of nitrogens with two attached hydrogens (primary N) is 1. The molecule has 0 aliphatic rings. The molecule has 0 aliphatic carbocycles. The van der Waals surface area contributed by atoms with Crippen molar-refractivity contribution < 1.29 is 9.59 Å². The quantitative estimate of drug-likeness (QED) is 0.216. The summed E-state index contributed by atoms with van der Waals surface area (Å²) in [6, 6.07) is 13.8. The molecule has 0 saturated carbocycles. The largest absolute Gasteiger partial charge is 0.354 e. The Morgan fingerprint density at radius 2 is 1.53 bits per heavy atom. The van der Waals surface area contributed by atoms with Crippen LogP contribution in [0.4, 0.5) is 0 Å². The Morgan fingerprint density at radius 1 is 0.853 bits per heavy atom. The van der Waals surface area contributed by atoms with Crippen LogP contribution < -0.4 is 27.0 Å². The van der Waals surface area contributed by atoms with Gasteiger partial charge >= 0.3 is 0 Å². The van der Waals surface area contributed by atoms with Gasteiger partial charge in [-0.1, -0.05) is 49.4 Å². The molecule has 2 aromatic rings. The zero-order chi connectivity index (χ0) is 24.4. The summed E-state index contributed by atoms with van der Waals surface area (Å²) in [7, 11) is 0. The van der Waals surface area contributed by atoms with E-state index >= 15 is 0 Å². The van der Waals surface area contributed by atoms with E-state index in [2.05, 4.69) is 45.5 Å². The molecular formula is C27H43N5O2. The Hall–Kier alpha value is -2.48. The van der Waals surface area contributed by atoms with Crippen molar-refractivity contribution in [1.82, 2.24) is 21.3 Å². The van der Waals surface area contributed by atoms with Gasteiger partial charge in [0, 0.05) is 19.4 Å². The van der Waals surface area contributed by atoms with Crippen LogP contribution in [0.25, 0.3) is 10.8 Å². The van der Waals surface area contributed by atoms with Gasteiger partial charge < -0.3 is 27.0 Å². The fourth-order valence-electron chi connectivity index (χ4n) is 3.83. The third-order valence-electron chi connectivity index (χ3n) is 5.73. The second-order valence-electron chi connectivity index (χ2n) is 8.75. The minimum absolute atomic E-state index is 0.0809. The Balaban J connectivity index is 1.72. The Bertz CT molecular complexity index is 858. The molecule has 0 aliphatic heterocycles. The van der Waals surface area contributed by atoms with Crippen molar-refractivity contribution in [3.05, 3.63) is 48.0 Å². The molecule has 0 radical (unpaired) electrons. The van der Waals surface area contributed by atoms with E-state index < -0.39 is 6.04 Å². The van der Waals surface area contributed by atoms with E-state index in [1.165, 1.54) is 0 Å². The Morgan fingerprint density at radius 3 is 2.24 bits per heavy atom. The molecule has 0 bridgehead atoms. The van der Waals surface area contributed by atoms with E-state index in [0.29, 0.717) is 19.4 Å². The zero-order valence-electron chi connectivity index (χ0n) is 20.7. The lowest BCUT2D eigenvalue weighted by Crippen LogP contribution is -2.48. The van der Waals surface area contributed by atoms with Crippen molar-refractivity contribution in [2.24, 2.45) is 5.73 Å². The highest BCUT2D eigenvalue weighted by Gasteiger charge is 2.20. The van der Waals surface area contributed by atoms with Crippen LogP contribution in [-0.2, 0) is 16.0 Å². The monoisotopic (exact) mass is 469 g/mol. The maximum Gasteiger partial charge on any atom is 0.242 e. The van der Waals surface area contributed by atoms with Gasteiger partial charge in [-0.05, 0) is 81.2 Å². The number of hydrogen-bond donors (Lipinski definition) is 5. The average Bonchev–Trinajstić information content (AvgIpc) is 2.84. The first-order valence-electron chi connectivity index (χ1n) is 12.8. The number of unbranched alkanes of at least 4 members (excludes halogenated alkanes) is 1. The molecule has 0 heterocycles. The van der Waals surface area contributed by atoms with E-state index in [1.54, 1.807) is 0 Å². The molecule has 0 saturated heterocycles. The first-order chi connectivity index (χ1) is 16.6. The number of amides is 2. The number of benzene rings is 2. The van der Waals surface area contributed by atoms with Crippen molar-refractivity contribution in [3.63, 3.8) is 0 Å². The summed E-state index contributed by atoms with van der Waals surface area (Å²) < 4.78 is 0. The van der Waals surface area contributed by atoms with E-state index in [-0.39, 0.29) is 11.8 Å². The average molecular weight is 470 g/mol. The fourth-order valence-corrected chi connectivity index (χ4v) is 3.83.